The van der Waals surface area contributed by atoms with Gasteiger partial charge in [0.25, 0.3) is 0 Å². The van der Waals surface area contributed by atoms with E-state index < -0.39 is 0 Å². The molecule has 1 nitrogen and oxygen atoms in total. The largest absolute Gasteiger partial charge is 0.310 e. The third kappa shape index (κ3) is 2.99. The first-order valence-corrected chi connectivity index (χ1v) is 7.19. The van der Waals surface area contributed by atoms with Gasteiger partial charge in [-0.2, -0.15) is 0 Å². The molecule has 0 radical (unpaired) electrons. The summed E-state index contributed by atoms with van der Waals surface area (Å²) in [5.74, 6) is 0. The van der Waals surface area contributed by atoms with E-state index in [1.165, 1.54) is 35.1 Å². The molecule has 0 heterocycles. The van der Waals surface area contributed by atoms with Crippen LogP contribution < -0.4 is 5.32 Å². The smallest absolute Gasteiger partial charge is 0.0412 e. The van der Waals surface area contributed by atoms with Crippen LogP contribution in [-0.4, -0.2) is 6.04 Å². The maximum Gasteiger partial charge on any atom is 0.0412 e. The fourth-order valence-corrected chi connectivity index (χ4v) is 2.54. The Balaban J connectivity index is 1.97. The second-order valence-corrected chi connectivity index (χ2v) is 5.71. The molecule has 0 bridgehead atoms. The summed E-state index contributed by atoms with van der Waals surface area (Å²) < 4.78 is 0. The molecule has 1 aliphatic carbocycles. The maximum atomic E-state index is 6.17. The third-order valence-corrected chi connectivity index (χ3v) is 3.90. The van der Waals surface area contributed by atoms with Crippen LogP contribution in [0.15, 0.2) is 42.5 Å². The summed E-state index contributed by atoms with van der Waals surface area (Å²) in [7, 11) is 0. The van der Waals surface area contributed by atoms with Gasteiger partial charge in [-0.1, -0.05) is 41.9 Å². The van der Waals surface area contributed by atoms with Gasteiger partial charge >= 0.3 is 0 Å². The van der Waals surface area contributed by atoms with Gasteiger partial charge < -0.3 is 5.32 Å². The third-order valence-electron chi connectivity index (χ3n) is 3.67. The Kier molecular flexibility index (Phi) is 3.58. The van der Waals surface area contributed by atoms with E-state index in [-0.39, 0.29) is 0 Å². The molecule has 2 aromatic rings. The molecule has 19 heavy (non-hydrogen) atoms. The fourth-order valence-electron chi connectivity index (χ4n) is 2.37. The minimum atomic E-state index is 0.723. The first-order chi connectivity index (χ1) is 9.24. The highest BCUT2D eigenvalue weighted by Crippen LogP contribution is 2.30. The highest BCUT2D eigenvalue weighted by Gasteiger charge is 2.20. The Morgan fingerprint density at radius 1 is 1.11 bits per heavy atom. The van der Waals surface area contributed by atoms with Crippen molar-refractivity contribution in [1.29, 1.82) is 0 Å². The van der Waals surface area contributed by atoms with E-state index >= 15 is 0 Å². The number of benzene rings is 2. The first kappa shape index (κ1) is 12.7. The normalized spacial score (nSPS) is 14.6. The van der Waals surface area contributed by atoms with Crippen molar-refractivity contribution in [2.45, 2.75) is 32.4 Å². The number of hydrogen-bond donors (Lipinski definition) is 1. The molecule has 2 heteroatoms. The van der Waals surface area contributed by atoms with Gasteiger partial charge in [0.2, 0.25) is 0 Å². The molecular formula is C17H18ClN. The molecule has 1 N–H and O–H groups in total. The van der Waals surface area contributed by atoms with Crippen molar-refractivity contribution < 1.29 is 0 Å². The Labute approximate surface area is 119 Å². The minimum Gasteiger partial charge on any atom is -0.310 e. The predicted octanol–water partition coefficient (Wildman–Crippen LogP) is 4.57. The topological polar surface area (TPSA) is 12.0 Å². The minimum absolute atomic E-state index is 0.723. The molecular weight excluding hydrogens is 254 g/mol. The fraction of sp³-hybridized carbons (Fsp3) is 0.294. The molecule has 0 spiro atoms. The lowest BCUT2D eigenvalue weighted by molar-refractivity contribution is 0.689. The zero-order valence-electron chi connectivity index (χ0n) is 11.1. The van der Waals surface area contributed by atoms with E-state index in [0.29, 0.717) is 0 Å². The monoisotopic (exact) mass is 271 g/mol. The Bertz CT molecular complexity index is 588. The average molecular weight is 272 g/mol. The summed E-state index contributed by atoms with van der Waals surface area (Å²) in [6, 6.07) is 15.4. The van der Waals surface area contributed by atoms with E-state index in [4.69, 9.17) is 11.6 Å². The van der Waals surface area contributed by atoms with Gasteiger partial charge in [-0.15, -0.1) is 0 Å². The van der Waals surface area contributed by atoms with E-state index in [9.17, 15) is 0 Å². The zero-order chi connectivity index (χ0) is 13.2. The van der Waals surface area contributed by atoms with Crippen LogP contribution in [0, 0.1) is 6.92 Å². The number of rotatable bonds is 4. The molecule has 98 valence electrons. The van der Waals surface area contributed by atoms with Gasteiger partial charge in [0.1, 0.15) is 0 Å². The van der Waals surface area contributed by atoms with Crippen LogP contribution in [0.3, 0.4) is 0 Å². The summed E-state index contributed by atoms with van der Waals surface area (Å²) in [6.07, 6.45) is 2.63. The number of hydrogen-bond acceptors (Lipinski definition) is 1. The Morgan fingerprint density at radius 2 is 1.89 bits per heavy atom. The van der Waals surface area contributed by atoms with Gasteiger partial charge in [0, 0.05) is 17.6 Å². The summed E-state index contributed by atoms with van der Waals surface area (Å²) in [6.45, 7) is 3.07. The summed E-state index contributed by atoms with van der Waals surface area (Å²) in [5.41, 5.74) is 5.14. The van der Waals surface area contributed by atoms with Crippen molar-refractivity contribution in [2.24, 2.45) is 0 Å². The lowest BCUT2D eigenvalue weighted by atomic mass is 9.96. The van der Waals surface area contributed by atoms with Crippen molar-refractivity contribution in [2.75, 3.05) is 0 Å². The molecule has 0 unspecified atom stereocenters. The SMILES string of the molecule is Cc1ccccc1-c1cc(Cl)ccc1CNC1CC1. The summed E-state index contributed by atoms with van der Waals surface area (Å²) in [5, 5.41) is 4.38. The molecule has 2 aromatic carbocycles. The molecule has 1 fully saturated rings. The Hall–Kier alpha value is -1.31. The van der Waals surface area contributed by atoms with Crippen molar-refractivity contribution in [3.63, 3.8) is 0 Å². The van der Waals surface area contributed by atoms with E-state index in [0.717, 1.165) is 17.6 Å². The van der Waals surface area contributed by atoms with Crippen molar-refractivity contribution in [1.82, 2.24) is 5.32 Å². The number of halogens is 1. The van der Waals surface area contributed by atoms with Gasteiger partial charge in [-0.3, -0.25) is 0 Å². The number of nitrogens with one attached hydrogen (secondary N) is 1. The molecule has 0 amide bonds. The average Bonchev–Trinajstić information content (AvgIpc) is 3.22. The van der Waals surface area contributed by atoms with E-state index in [1.807, 2.05) is 6.07 Å². The van der Waals surface area contributed by atoms with Gasteiger partial charge in [-0.25, -0.2) is 0 Å². The predicted molar refractivity (Wildman–Crippen MR) is 81.5 cm³/mol. The molecule has 0 atom stereocenters. The van der Waals surface area contributed by atoms with Gasteiger partial charge in [0.05, 0.1) is 0 Å². The van der Waals surface area contributed by atoms with Crippen LogP contribution in [0.5, 0.6) is 0 Å². The maximum absolute atomic E-state index is 6.17. The molecule has 3 rings (SSSR count). The first-order valence-electron chi connectivity index (χ1n) is 6.82. The van der Waals surface area contributed by atoms with E-state index in [2.05, 4.69) is 48.6 Å². The summed E-state index contributed by atoms with van der Waals surface area (Å²) in [4.78, 5) is 0. The van der Waals surface area contributed by atoms with Crippen LogP contribution in [-0.2, 0) is 6.54 Å². The molecule has 0 saturated heterocycles. The van der Waals surface area contributed by atoms with Crippen LogP contribution in [0.1, 0.15) is 24.0 Å². The Morgan fingerprint density at radius 3 is 2.63 bits per heavy atom. The quantitative estimate of drug-likeness (QED) is 0.859. The van der Waals surface area contributed by atoms with Crippen LogP contribution in [0.25, 0.3) is 11.1 Å². The van der Waals surface area contributed by atoms with Crippen LogP contribution in [0.2, 0.25) is 5.02 Å². The molecule has 0 aromatic heterocycles. The second-order valence-electron chi connectivity index (χ2n) is 5.27. The molecule has 0 aliphatic heterocycles. The standard InChI is InChI=1S/C17H18ClN/c1-12-4-2-3-5-16(12)17-10-14(18)7-6-13(17)11-19-15-8-9-15/h2-7,10,15,19H,8-9,11H2,1H3. The summed E-state index contributed by atoms with van der Waals surface area (Å²) >= 11 is 6.17. The molecule has 1 saturated carbocycles. The number of aryl methyl sites for hydroxylation is 1. The van der Waals surface area contributed by atoms with Crippen LogP contribution >= 0.6 is 11.6 Å². The zero-order valence-corrected chi connectivity index (χ0v) is 11.9. The van der Waals surface area contributed by atoms with Gasteiger partial charge in [0.15, 0.2) is 0 Å². The highest BCUT2D eigenvalue weighted by atomic mass is 35.5. The van der Waals surface area contributed by atoms with E-state index in [1.54, 1.807) is 0 Å². The van der Waals surface area contributed by atoms with Crippen molar-refractivity contribution >= 4 is 11.6 Å². The lowest BCUT2D eigenvalue weighted by Crippen LogP contribution is -2.15. The lowest BCUT2D eigenvalue weighted by Gasteiger charge is -2.13. The van der Waals surface area contributed by atoms with Crippen molar-refractivity contribution in [3.05, 3.63) is 58.6 Å². The second kappa shape index (κ2) is 5.36. The highest BCUT2D eigenvalue weighted by molar-refractivity contribution is 6.30. The van der Waals surface area contributed by atoms with Crippen LogP contribution in [0.4, 0.5) is 0 Å². The van der Waals surface area contributed by atoms with Crippen molar-refractivity contribution in [3.8, 4) is 11.1 Å². The molecule has 1 aliphatic rings. The van der Waals surface area contributed by atoms with Gasteiger partial charge in [-0.05, 0) is 54.2 Å².